The van der Waals surface area contributed by atoms with Crippen LogP contribution in [0.15, 0.2) is 0 Å². The highest BCUT2D eigenvalue weighted by Gasteiger charge is 1.95. The van der Waals surface area contributed by atoms with Gasteiger partial charge in [0.15, 0.2) is 0 Å². The molecule has 0 aliphatic carbocycles. The average molecular weight is 370 g/mol. The van der Waals surface area contributed by atoms with E-state index in [0.717, 1.165) is 0 Å². The Kier molecular flexibility index (Phi) is 21.4. The second-order valence-corrected chi connectivity index (χ2v) is 5.28. The van der Waals surface area contributed by atoms with Crippen LogP contribution in [0.4, 0.5) is 4.39 Å². The summed E-state index contributed by atoms with van der Waals surface area (Å²) in [6.45, 7) is 9.91. The molecule has 0 unspecified atom stereocenters. The summed E-state index contributed by atoms with van der Waals surface area (Å²) >= 11 is 0. The fourth-order valence-electron chi connectivity index (χ4n) is 1.60. The molecule has 7 nitrogen and oxygen atoms in total. The molecule has 0 N–H and O–H groups in total. The monoisotopic (exact) mass is 370 g/mol. The molecule has 0 heterocycles. The Morgan fingerprint density at radius 2 is 0.760 bits per heavy atom. The summed E-state index contributed by atoms with van der Waals surface area (Å²) in [6, 6.07) is 0. The summed E-state index contributed by atoms with van der Waals surface area (Å²) in [6.07, 6.45) is 0.237. The molecule has 0 bridgehead atoms. The summed E-state index contributed by atoms with van der Waals surface area (Å²) in [5, 5.41) is 0. The first-order valence-corrected chi connectivity index (χ1v) is 8.91. The van der Waals surface area contributed by atoms with Gasteiger partial charge in [-0.05, 0) is 13.8 Å². The Morgan fingerprint density at radius 3 is 1.04 bits per heavy atom. The molecule has 8 heteroatoms. The lowest BCUT2D eigenvalue weighted by molar-refractivity contribution is -0.0239. The van der Waals surface area contributed by atoms with Crippen LogP contribution in [0.3, 0.4) is 0 Å². The van der Waals surface area contributed by atoms with E-state index in [1.165, 1.54) is 0 Å². The third-order valence-electron chi connectivity index (χ3n) is 2.76. The van der Waals surface area contributed by atoms with Crippen LogP contribution in [-0.4, -0.2) is 98.7 Å². The minimum atomic E-state index is -0.463. The molecule has 0 fully saturated rings. The van der Waals surface area contributed by atoms with Gasteiger partial charge in [-0.2, -0.15) is 0 Å². The van der Waals surface area contributed by atoms with Crippen molar-refractivity contribution in [3.05, 3.63) is 0 Å². The third kappa shape index (κ3) is 23.6. The lowest BCUT2D eigenvalue weighted by Gasteiger charge is -2.09. The van der Waals surface area contributed by atoms with Crippen molar-refractivity contribution in [1.29, 1.82) is 0 Å². The van der Waals surface area contributed by atoms with E-state index in [2.05, 4.69) is 0 Å². The predicted octanol–water partition coefficient (Wildman–Crippen LogP) is 1.48. The molecule has 0 saturated carbocycles. The Hall–Kier alpha value is -0.350. The smallest absolute Gasteiger partial charge is 0.113 e. The van der Waals surface area contributed by atoms with Crippen molar-refractivity contribution in [2.24, 2.45) is 0 Å². The van der Waals surface area contributed by atoms with Gasteiger partial charge < -0.3 is 33.2 Å². The molecular formula is C17H35FO7. The number of alkyl halides is 1. The molecule has 0 aromatic rings. The largest absolute Gasteiger partial charge is 0.377 e. The lowest BCUT2D eigenvalue weighted by Crippen LogP contribution is -2.15. The van der Waals surface area contributed by atoms with Gasteiger partial charge in [0.1, 0.15) is 6.67 Å². The number of halogens is 1. The van der Waals surface area contributed by atoms with Crippen LogP contribution in [0.1, 0.15) is 13.8 Å². The van der Waals surface area contributed by atoms with Crippen molar-refractivity contribution in [2.75, 3.05) is 92.6 Å². The predicted molar refractivity (Wildman–Crippen MR) is 92.0 cm³/mol. The standard InChI is InChI=1S/C17H35FO7/c1-17(2)25-16-15-24-14-13-23-12-11-22-10-9-21-8-7-20-6-5-19-4-3-18/h17H,3-16H2,1-2H3. The van der Waals surface area contributed by atoms with Gasteiger partial charge in [-0.15, -0.1) is 0 Å². The fourth-order valence-corrected chi connectivity index (χ4v) is 1.60. The highest BCUT2D eigenvalue weighted by atomic mass is 19.1. The molecule has 0 aromatic heterocycles. The van der Waals surface area contributed by atoms with E-state index in [1.54, 1.807) is 0 Å². The first-order chi connectivity index (χ1) is 12.3. The van der Waals surface area contributed by atoms with Gasteiger partial charge >= 0.3 is 0 Å². The molecule has 0 atom stereocenters. The molecule has 0 radical (unpaired) electrons. The summed E-state index contributed by atoms with van der Waals surface area (Å²) in [7, 11) is 0. The quantitative estimate of drug-likeness (QED) is 0.284. The van der Waals surface area contributed by atoms with E-state index in [1.807, 2.05) is 13.8 Å². The first kappa shape index (κ1) is 24.7. The van der Waals surface area contributed by atoms with Crippen LogP contribution >= 0.6 is 0 Å². The molecule has 0 saturated heterocycles. The Balaban J connectivity index is 2.96. The molecule has 0 aliphatic heterocycles. The van der Waals surface area contributed by atoms with Gasteiger partial charge in [0.2, 0.25) is 0 Å². The van der Waals surface area contributed by atoms with Gasteiger partial charge in [0.25, 0.3) is 0 Å². The van der Waals surface area contributed by atoms with Gasteiger partial charge in [0, 0.05) is 0 Å². The molecule has 0 rings (SSSR count). The van der Waals surface area contributed by atoms with Gasteiger partial charge in [0.05, 0.1) is 92.0 Å². The van der Waals surface area contributed by atoms with Gasteiger partial charge in [-0.3, -0.25) is 0 Å². The Bertz CT molecular complexity index is 245. The molecule has 0 spiro atoms. The number of ether oxygens (including phenoxy) is 7. The maximum Gasteiger partial charge on any atom is 0.113 e. The Morgan fingerprint density at radius 1 is 0.480 bits per heavy atom. The summed E-state index contributed by atoms with van der Waals surface area (Å²) < 4.78 is 48.7. The van der Waals surface area contributed by atoms with E-state index in [-0.39, 0.29) is 12.7 Å². The van der Waals surface area contributed by atoms with Crippen LogP contribution in [0, 0.1) is 0 Å². The second kappa shape index (κ2) is 21.7. The second-order valence-electron chi connectivity index (χ2n) is 5.28. The van der Waals surface area contributed by atoms with Gasteiger partial charge in [-0.25, -0.2) is 4.39 Å². The molecule has 152 valence electrons. The maximum atomic E-state index is 11.7. The van der Waals surface area contributed by atoms with Crippen LogP contribution in [0.2, 0.25) is 0 Å². The molecule has 0 amide bonds. The highest BCUT2D eigenvalue weighted by Crippen LogP contribution is 1.88. The third-order valence-corrected chi connectivity index (χ3v) is 2.76. The number of hydrogen-bond acceptors (Lipinski definition) is 7. The zero-order chi connectivity index (χ0) is 18.4. The van der Waals surface area contributed by atoms with Crippen molar-refractivity contribution < 1.29 is 37.5 Å². The average Bonchev–Trinajstić information content (AvgIpc) is 2.60. The van der Waals surface area contributed by atoms with Crippen LogP contribution in [0.5, 0.6) is 0 Å². The fraction of sp³-hybridized carbons (Fsp3) is 1.00. The molecule has 0 aliphatic rings. The lowest BCUT2D eigenvalue weighted by atomic mass is 10.5. The van der Waals surface area contributed by atoms with Crippen LogP contribution < -0.4 is 0 Å². The molecule has 0 aromatic carbocycles. The van der Waals surface area contributed by atoms with E-state index >= 15 is 0 Å². The first-order valence-electron chi connectivity index (χ1n) is 8.91. The SMILES string of the molecule is CC(C)OCCOCCOCCOCCOCCOCCOCCF. The van der Waals surface area contributed by atoms with E-state index in [0.29, 0.717) is 79.3 Å². The van der Waals surface area contributed by atoms with Crippen molar-refractivity contribution in [2.45, 2.75) is 20.0 Å². The van der Waals surface area contributed by atoms with Crippen molar-refractivity contribution >= 4 is 0 Å². The van der Waals surface area contributed by atoms with Gasteiger partial charge in [-0.1, -0.05) is 0 Å². The minimum Gasteiger partial charge on any atom is -0.377 e. The zero-order valence-corrected chi connectivity index (χ0v) is 15.7. The molecular weight excluding hydrogens is 335 g/mol. The molecule has 25 heavy (non-hydrogen) atoms. The van der Waals surface area contributed by atoms with E-state index in [4.69, 9.17) is 33.2 Å². The summed E-state index contributed by atoms with van der Waals surface area (Å²) in [5.41, 5.74) is 0. The summed E-state index contributed by atoms with van der Waals surface area (Å²) in [4.78, 5) is 0. The summed E-state index contributed by atoms with van der Waals surface area (Å²) in [5.74, 6) is 0. The maximum absolute atomic E-state index is 11.7. The number of rotatable bonds is 21. The van der Waals surface area contributed by atoms with Crippen molar-refractivity contribution in [3.63, 3.8) is 0 Å². The van der Waals surface area contributed by atoms with E-state index < -0.39 is 6.67 Å². The van der Waals surface area contributed by atoms with Crippen molar-refractivity contribution in [1.82, 2.24) is 0 Å². The van der Waals surface area contributed by atoms with Crippen LogP contribution in [-0.2, 0) is 33.2 Å². The Labute approximate surface area is 151 Å². The van der Waals surface area contributed by atoms with Crippen molar-refractivity contribution in [3.8, 4) is 0 Å². The van der Waals surface area contributed by atoms with Crippen LogP contribution in [0.25, 0.3) is 0 Å². The zero-order valence-electron chi connectivity index (χ0n) is 15.7. The minimum absolute atomic E-state index is 0.126. The normalized spacial score (nSPS) is 11.5. The highest BCUT2D eigenvalue weighted by molar-refractivity contribution is 4.38. The number of hydrogen-bond donors (Lipinski definition) is 0. The topological polar surface area (TPSA) is 64.6 Å². The van der Waals surface area contributed by atoms with E-state index in [9.17, 15) is 4.39 Å².